The number of hydrogen-bond acceptors (Lipinski definition) is 4. The molecule has 0 saturated heterocycles. The third kappa shape index (κ3) is 4.61. The van der Waals surface area contributed by atoms with Crippen molar-refractivity contribution >= 4 is 27.3 Å². The summed E-state index contributed by atoms with van der Waals surface area (Å²) in [5.74, 6) is -0.407. The Morgan fingerprint density at radius 2 is 1.66 bits per heavy atom. The number of benzene rings is 3. The monoisotopic (exact) mass is 485 g/mol. The average molecular weight is 486 g/mol. The van der Waals surface area contributed by atoms with Gasteiger partial charge in [-0.2, -0.15) is 0 Å². The predicted molar refractivity (Wildman–Crippen MR) is 135 cm³/mol. The molecule has 3 aromatic carbocycles. The molecule has 176 valence electrons. The first kappa shape index (κ1) is 22.6. The fraction of sp³-hybridized carbons (Fsp3) is 0.111. The average Bonchev–Trinajstić information content (AvgIpc) is 3.32. The highest BCUT2D eigenvalue weighted by Crippen LogP contribution is 2.32. The van der Waals surface area contributed by atoms with Crippen LogP contribution in [0.25, 0.3) is 0 Å². The second-order valence-corrected chi connectivity index (χ2v) is 10.2. The maximum atomic E-state index is 13.3. The normalized spacial score (nSPS) is 12.9. The molecule has 1 aromatic heterocycles. The molecule has 8 heteroatoms. The Kier molecular flexibility index (Phi) is 5.96. The van der Waals surface area contributed by atoms with E-state index in [0.717, 1.165) is 11.1 Å². The zero-order valence-corrected chi connectivity index (χ0v) is 19.6. The summed E-state index contributed by atoms with van der Waals surface area (Å²) in [7, 11) is -3.79. The Labute approximate surface area is 203 Å². The topological polar surface area (TPSA) is 88.5 Å². The Morgan fingerprint density at radius 3 is 2.46 bits per heavy atom. The number of carbonyl (C=O) groups is 1. The fourth-order valence-electron chi connectivity index (χ4n) is 4.17. The lowest BCUT2D eigenvalue weighted by Crippen LogP contribution is -2.29. The van der Waals surface area contributed by atoms with Crippen LogP contribution in [0, 0.1) is 0 Å². The number of nitrogens with one attached hydrogen (secondary N) is 1. The van der Waals surface area contributed by atoms with E-state index in [9.17, 15) is 18.0 Å². The van der Waals surface area contributed by atoms with Crippen LogP contribution in [-0.4, -0.2) is 25.4 Å². The van der Waals surface area contributed by atoms with E-state index in [1.54, 1.807) is 53.2 Å². The number of pyridine rings is 1. The second kappa shape index (κ2) is 9.23. The zero-order valence-electron chi connectivity index (χ0n) is 18.8. The molecule has 7 nitrogen and oxygen atoms in total. The number of fused-ring (bicyclic) bond motifs is 1. The number of sulfonamides is 1. The van der Waals surface area contributed by atoms with Gasteiger partial charge in [0.2, 0.25) is 0 Å². The number of hydrogen-bond donors (Lipinski definition) is 1. The Hall–Kier alpha value is -4.17. The molecule has 0 saturated carbocycles. The molecule has 2 heterocycles. The Morgan fingerprint density at radius 1 is 0.886 bits per heavy atom. The first-order valence-electron chi connectivity index (χ1n) is 11.2. The molecular formula is C27H23N3O4S. The first-order chi connectivity index (χ1) is 16.9. The summed E-state index contributed by atoms with van der Waals surface area (Å²) in [6, 6.07) is 25.7. The van der Waals surface area contributed by atoms with Gasteiger partial charge in [0.1, 0.15) is 0 Å². The van der Waals surface area contributed by atoms with Gasteiger partial charge in [-0.1, -0.05) is 42.5 Å². The van der Waals surface area contributed by atoms with Gasteiger partial charge >= 0.3 is 0 Å². The maximum Gasteiger partial charge on any atom is 0.264 e. The summed E-state index contributed by atoms with van der Waals surface area (Å²) in [6.07, 6.45) is 2.38. The van der Waals surface area contributed by atoms with Gasteiger partial charge in [-0.3, -0.25) is 13.9 Å². The van der Waals surface area contributed by atoms with Gasteiger partial charge in [0.15, 0.2) is 0 Å². The predicted octanol–water partition coefficient (Wildman–Crippen LogP) is 3.90. The van der Waals surface area contributed by atoms with Gasteiger partial charge in [-0.15, -0.1) is 0 Å². The van der Waals surface area contributed by atoms with E-state index >= 15 is 0 Å². The fourth-order valence-corrected chi connectivity index (χ4v) is 5.72. The number of carbonyl (C=O) groups excluding carboxylic acids is 1. The highest BCUT2D eigenvalue weighted by molar-refractivity contribution is 7.92. The van der Waals surface area contributed by atoms with Crippen molar-refractivity contribution in [1.82, 2.24) is 4.57 Å². The summed E-state index contributed by atoms with van der Waals surface area (Å²) in [6.45, 7) is 0.799. The quantitative estimate of drug-likeness (QED) is 0.449. The summed E-state index contributed by atoms with van der Waals surface area (Å²) >= 11 is 0. The lowest BCUT2D eigenvalue weighted by molar-refractivity contribution is 0.102. The van der Waals surface area contributed by atoms with E-state index in [-0.39, 0.29) is 16.0 Å². The highest BCUT2D eigenvalue weighted by atomic mass is 32.2. The Bertz CT molecular complexity index is 1560. The molecule has 0 atom stereocenters. The molecule has 35 heavy (non-hydrogen) atoms. The van der Waals surface area contributed by atoms with Crippen LogP contribution < -0.4 is 15.2 Å². The van der Waals surface area contributed by atoms with Crippen molar-refractivity contribution in [3.05, 3.63) is 124 Å². The summed E-state index contributed by atoms with van der Waals surface area (Å²) in [5, 5.41) is 2.81. The standard InChI is InChI=1S/C27H23N3O4S/c31-26-10-3-4-16-29(26)19-20-11-13-23(14-12-20)28-27(32)22-7-5-8-24(18-22)35(33,34)30-17-15-21-6-1-2-9-25(21)30/h1-14,16,18H,15,17,19H2,(H,28,32). The van der Waals surface area contributed by atoms with E-state index in [0.29, 0.717) is 30.9 Å². The lowest BCUT2D eigenvalue weighted by Gasteiger charge is -2.20. The minimum atomic E-state index is -3.79. The molecule has 1 amide bonds. The van der Waals surface area contributed by atoms with Gasteiger partial charge in [-0.25, -0.2) is 8.42 Å². The van der Waals surface area contributed by atoms with Crippen molar-refractivity contribution in [3.8, 4) is 0 Å². The van der Waals surface area contributed by atoms with Crippen LogP contribution >= 0.6 is 0 Å². The molecule has 0 spiro atoms. The van der Waals surface area contributed by atoms with Gasteiger partial charge in [0.25, 0.3) is 21.5 Å². The molecule has 0 unspecified atom stereocenters. The molecular weight excluding hydrogens is 462 g/mol. The van der Waals surface area contributed by atoms with Gasteiger partial charge in [0, 0.05) is 30.1 Å². The zero-order chi connectivity index (χ0) is 24.4. The van der Waals surface area contributed by atoms with Crippen molar-refractivity contribution in [2.45, 2.75) is 17.9 Å². The summed E-state index contributed by atoms with van der Waals surface area (Å²) in [4.78, 5) is 24.8. The van der Waals surface area contributed by atoms with Crippen molar-refractivity contribution in [3.63, 3.8) is 0 Å². The third-order valence-corrected chi connectivity index (χ3v) is 7.80. The van der Waals surface area contributed by atoms with E-state index in [1.165, 1.54) is 22.5 Å². The van der Waals surface area contributed by atoms with Crippen molar-refractivity contribution < 1.29 is 13.2 Å². The molecule has 0 fully saturated rings. The van der Waals surface area contributed by atoms with Crippen LogP contribution in [0.5, 0.6) is 0 Å². The second-order valence-electron chi connectivity index (χ2n) is 8.30. The van der Waals surface area contributed by atoms with Gasteiger partial charge < -0.3 is 9.88 Å². The minimum Gasteiger partial charge on any atom is -0.322 e. The van der Waals surface area contributed by atoms with E-state index in [1.807, 2.05) is 30.3 Å². The SMILES string of the molecule is O=C(Nc1ccc(Cn2ccccc2=O)cc1)c1cccc(S(=O)(=O)N2CCc3ccccc32)c1. The largest absolute Gasteiger partial charge is 0.322 e. The number of aromatic nitrogens is 1. The smallest absolute Gasteiger partial charge is 0.264 e. The van der Waals surface area contributed by atoms with Crippen molar-refractivity contribution in [2.75, 3.05) is 16.2 Å². The van der Waals surface area contributed by atoms with Gasteiger partial charge in [0.05, 0.1) is 17.1 Å². The highest BCUT2D eigenvalue weighted by Gasteiger charge is 2.30. The van der Waals surface area contributed by atoms with Crippen LogP contribution in [0.4, 0.5) is 11.4 Å². The third-order valence-electron chi connectivity index (χ3n) is 5.99. The van der Waals surface area contributed by atoms with Crippen LogP contribution in [0.3, 0.4) is 0 Å². The van der Waals surface area contributed by atoms with Crippen molar-refractivity contribution in [1.29, 1.82) is 0 Å². The van der Waals surface area contributed by atoms with Crippen molar-refractivity contribution in [2.24, 2.45) is 0 Å². The first-order valence-corrected chi connectivity index (χ1v) is 12.6. The molecule has 0 bridgehead atoms. The number of nitrogens with zero attached hydrogens (tertiary/aromatic N) is 2. The number of rotatable bonds is 6. The van der Waals surface area contributed by atoms with Gasteiger partial charge in [-0.05, 0) is 60.0 Å². The summed E-state index contributed by atoms with van der Waals surface area (Å²) in [5.41, 5.74) is 3.32. The number of anilines is 2. The molecule has 1 N–H and O–H groups in total. The van der Waals surface area contributed by atoms with Crippen LogP contribution in [-0.2, 0) is 23.0 Å². The minimum absolute atomic E-state index is 0.0745. The van der Waals surface area contributed by atoms with Crippen LogP contribution in [0.15, 0.2) is 107 Å². The molecule has 5 rings (SSSR count). The van der Waals surface area contributed by atoms with E-state index in [2.05, 4.69) is 5.32 Å². The molecule has 0 radical (unpaired) electrons. The maximum absolute atomic E-state index is 13.3. The van der Waals surface area contributed by atoms with E-state index in [4.69, 9.17) is 0 Å². The molecule has 1 aliphatic rings. The van der Waals surface area contributed by atoms with Crippen LogP contribution in [0.2, 0.25) is 0 Å². The Balaban J connectivity index is 1.31. The van der Waals surface area contributed by atoms with E-state index < -0.39 is 15.9 Å². The molecule has 0 aliphatic carbocycles. The number of para-hydroxylation sites is 1. The molecule has 4 aromatic rings. The lowest BCUT2D eigenvalue weighted by atomic mass is 10.1. The number of amides is 1. The molecule has 1 aliphatic heterocycles. The summed E-state index contributed by atoms with van der Waals surface area (Å²) < 4.78 is 29.6. The van der Waals surface area contributed by atoms with Crippen LogP contribution in [0.1, 0.15) is 21.5 Å².